The quantitative estimate of drug-likeness (QED) is 0.782. The molecule has 2 nitrogen and oxygen atoms in total. The van der Waals surface area contributed by atoms with Crippen LogP contribution in [0.4, 0.5) is 0 Å². The van der Waals surface area contributed by atoms with Crippen molar-refractivity contribution in [2.75, 3.05) is 0 Å². The van der Waals surface area contributed by atoms with Crippen molar-refractivity contribution in [2.45, 2.75) is 12.5 Å². The molecule has 0 N–H and O–H groups in total. The summed E-state index contributed by atoms with van der Waals surface area (Å²) < 4.78 is 5.55. The van der Waals surface area contributed by atoms with Crippen LogP contribution in [0.2, 0.25) is 5.02 Å². The first kappa shape index (κ1) is 11.7. The first-order valence-corrected chi connectivity index (χ1v) is 6.44. The third kappa shape index (κ3) is 2.88. The fraction of sp³-hybridized carbons (Fsp3) is 0.182. The molecular formula is C11H9Cl2NOS. The predicted octanol–water partition coefficient (Wildman–Crippen LogP) is 4.11. The predicted molar refractivity (Wildman–Crippen MR) is 67.5 cm³/mol. The van der Waals surface area contributed by atoms with Gasteiger partial charge in [-0.1, -0.05) is 17.7 Å². The number of alkyl halides is 1. The van der Waals surface area contributed by atoms with Crippen LogP contribution < -0.4 is 4.74 Å². The van der Waals surface area contributed by atoms with Crippen LogP contribution >= 0.6 is 34.5 Å². The molecule has 1 aromatic carbocycles. The van der Waals surface area contributed by atoms with E-state index in [4.69, 9.17) is 27.9 Å². The smallest absolute Gasteiger partial charge is 0.140 e. The number of nitrogens with zero attached hydrogens (tertiary/aromatic N) is 1. The highest BCUT2D eigenvalue weighted by Gasteiger charge is 2.04. The molecule has 0 saturated carbocycles. The van der Waals surface area contributed by atoms with Crippen molar-refractivity contribution in [2.24, 2.45) is 0 Å². The second kappa shape index (κ2) is 5.53. The highest BCUT2D eigenvalue weighted by molar-refractivity contribution is 7.09. The lowest BCUT2D eigenvalue weighted by Gasteiger charge is -2.07. The zero-order valence-electron chi connectivity index (χ0n) is 8.32. The maximum atomic E-state index is 6.05. The monoisotopic (exact) mass is 273 g/mol. The molecule has 0 saturated heterocycles. The molecule has 0 aliphatic heterocycles. The molecule has 5 heteroatoms. The third-order valence-corrected chi connectivity index (χ3v) is 3.34. The average Bonchev–Trinajstić information content (AvgIpc) is 2.80. The van der Waals surface area contributed by atoms with E-state index in [2.05, 4.69) is 4.98 Å². The molecule has 0 amide bonds. The second-order valence-electron chi connectivity index (χ2n) is 3.11. The van der Waals surface area contributed by atoms with Crippen LogP contribution in [0.5, 0.6) is 5.75 Å². The summed E-state index contributed by atoms with van der Waals surface area (Å²) in [5.74, 6) is 1.11. The van der Waals surface area contributed by atoms with Crippen molar-refractivity contribution < 1.29 is 4.74 Å². The highest BCUT2D eigenvalue weighted by Crippen LogP contribution is 2.27. The Morgan fingerprint density at radius 2 is 2.25 bits per heavy atom. The molecule has 0 bridgehead atoms. The number of thiazole rings is 1. The van der Waals surface area contributed by atoms with Gasteiger partial charge in [-0.2, -0.15) is 0 Å². The summed E-state index contributed by atoms with van der Waals surface area (Å²) in [6, 6.07) is 5.54. The van der Waals surface area contributed by atoms with Gasteiger partial charge in [0.2, 0.25) is 0 Å². The molecule has 2 aromatic rings. The minimum absolute atomic E-state index is 0.442. The van der Waals surface area contributed by atoms with Gasteiger partial charge in [-0.3, -0.25) is 0 Å². The summed E-state index contributed by atoms with van der Waals surface area (Å²) in [6.07, 6.45) is 1.75. The van der Waals surface area contributed by atoms with Gasteiger partial charge in [0.25, 0.3) is 0 Å². The number of benzene rings is 1. The Morgan fingerprint density at radius 3 is 2.88 bits per heavy atom. The van der Waals surface area contributed by atoms with Crippen molar-refractivity contribution in [3.05, 3.63) is 45.4 Å². The number of hydrogen-bond donors (Lipinski definition) is 0. The van der Waals surface area contributed by atoms with Gasteiger partial charge in [0.15, 0.2) is 0 Å². The molecule has 0 aliphatic carbocycles. The van der Waals surface area contributed by atoms with Crippen LogP contribution in [0, 0.1) is 0 Å². The molecule has 2 rings (SSSR count). The molecule has 16 heavy (non-hydrogen) atoms. The SMILES string of the molecule is ClCc1ccc(OCc2nccs2)c(Cl)c1. The van der Waals surface area contributed by atoms with Crippen LogP contribution in [0.25, 0.3) is 0 Å². The maximum Gasteiger partial charge on any atom is 0.140 e. The lowest BCUT2D eigenvalue weighted by molar-refractivity contribution is 0.305. The summed E-state index contributed by atoms with van der Waals surface area (Å²) >= 11 is 13.3. The van der Waals surface area contributed by atoms with Gasteiger partial charge in [0.1, 0.15) is 17.4 Å². The molecule has 0 aliphatic rings. The van der Waals surface area contributed by atoms with E-state index in [1.54, 1.807) is 17.5 Å². The van der Waals surface area contributed by atoms with Crippen molar-refractivity contribution >= 4 is 34.5 Å². The second-order valence-corrected chi connectivity index (χ2v) is 4.77. The topological polar surface area (TPSA) is 22.1 Å². The van der Waals surface area contributed by atoms with Crippen molar-refractivity contribution in [3.8, 4) is 5.75 Å². The Morgan fingerprint density at radius 1 is 1.38 bits per heavy atom. The standard InChI is InChI=1S/C11H9Cl2NOS/c12-6-8-1-2-10(9(13)5-8)15-7-11-14-3-4-16-11/h1-5H,6-7H2. The van der Waals surface area contributed by atoms with E-state index < -0.39 is 0 Å². The molecular weight excluding hydrogens is 265 g/mol. The largest absolute Gasteiger partial charge is 0.485 e. The Labute approximate surface area is 108 Å². The van der Waals surface area contributed by atoms with Crippen LogP contribution in [-0.2, 0) is 12.5 Å². The van der Waals surface area contributed by atoms with E-state index in [-0.39, 0.29) is 0 Å². The fourth-order valence-corrected chi connectivity index (χ4v) is 2.16. The van der Waals surface area contributed by atoms with Gasteiger partial charge in [-0.25, -0.2) is 4.98 Å². The molecule has 0 unspecified atom stereocenters. The fourth-order valence-electron chi connectivity index (χ4n) is 1.21. The number of rotatable bonds is 4. The first-order valence-electron chi connectivity index (χ1n) is 4.65. The summed E-state index contributed by atoms with van der Waals surface area (Å²) in [6.45, 7) is 0.442. The first-order chi connectivity index (χ1) is 7.79. The van der Waals surface area contributed by atoms with Crippen LogP contribution in [0.1, 0.15) is 10.6 Å². The summed E-state index contributed by atoms with van der Waals surface area (Å²) in [5, 5.41) is 3.42. The van der Waals surface area contributed by atoms with E-state index in [1.807, 2.05) is 23.6 Å². The maximum absolute atomic E-state index is 6.05. The molecule has 0 spiro atoms. The van der Waals surface area contributed by atoms with Crippen LogP contribution in [-0.4, -0.2) is 4.98 Å². The van der Waals surface area contributed by atoms with E-state index in [0.29, 0.717) is 23.3 Å². The normalized spacial score (nSPS) is 10.4. The minimum Gasteiger partial charge on any atom is -0.485 e. The molecule has 84 valence electrons. The van der Waals surface area contributed by atoms with Crippen molar-refractivity contribution in [1.82, 2.24) is 4.98 Å². The van der Waals surface area contributed by atoms with Gasteiger partial charge >= 0.3 is 0 Å². The van der Waals surface area contributed by atoms with Gasteiger partial charge in [0, 0.05) is 17.5 Å². The lowest BCUT2D eigenvalue weighted by Crippen LogP contribution is -1.95. The molecule has 0 radical (unpaired) electrons. The van der Waals surface area contributed by atoms with Gasteiger partial charge in [-0.05, 0) is 17.7 Å². The zero-order valence-corrected chi connectivity index (χ0v) is 10.6. The minimum atomic E-state index is 0.442. The van der Waals surface area contributed by atoms with Gasteiger partial charge in [0.05, 0.1) is 5.02 Å². The molecule has 1 aromatic heterocycles. The van der Waals surface area contributed by atoms with Crippen molar-refractivity contribution in [1.29, 1.82) is 0 Å². The Bertz CT molecular complexity index is 459. The van der Waals surface area contributed by atoms with Crippen molar-refractivity contribution in [3.63, 3.8) is 0 Å². The number of halogens is 2. The average molecular weight is 274 g/mol. The number of ether oxygens (including phenoxy) is 1. The molecule has 1 heterocycles. The van der Waals surface area contributed by atoms with E-state index in [9.17, 15) is 0 Å². The zero-order chi connectivity index (χ0) is 11.4. The number of aromatic nitrogens is 1. The Hall–Kier alpha value is -0.770. The lowest BCUT2D eigenvalue weighted by atomic mass is 10.2. The van der Waals surface area contributed by atoms with E-state index in [1.165, 1.54) is 0 Å². The van der Waals surface area contributed by atoms with Gasteiger partial charge in [-0.15, -0.1) is 22.9 Å². The molecule has 0 atom stereocenters. The number of hydrogen-bond acceptors (Lipinski definition) is 3. The van der Waals surface area contributed by atoms with Crippen LogP contribution in [0.15, 0.2) is 29.8 Å². The van der Waals surface area contributed by atoms with Gasteiger partial charge < -0.3 is 4.74 Å². The summed E-state index contributed by atoms with van der Waals surface area (Å²) in [4.78, 5) is 4.12. The van der Waals surface area contributed by atoms with E-state index in [0.717, 1.165) is 10.6 Å². The summed E-state index contributed by atoms with van der Waals surface area (Å²) in [5.41, 5.74) is 0.980. The Balaban J connectivity index is 2.04. The molecule has 0 fully saturated rings. The summed E-state index contributed by atoms with van der Waals surface area (Å²) in [7, 11) is 0. The van der Waals surface area contributed by atoms with Crippen LogP contribution in [0.3, 0.4) is 0 Å². The highest BCUT2D eigenvalue weighted by atomic mass is 35.5. The Kier molecular flexibility index (Phi) is 4.04. The van der Waals surface area contributed by atoms with E-state index >= 15 is 0 Å². The third-order valence-electron chi connectivity index (χ3n) is 1.99.